The molecular formula is C11H17N5O. The Labute approximate surface area is 99.8 Å². The molecule has 0 saturated heterocycles. The molecule has 92 valence electrons. The van der Waals surface area contributed by atoms with Crippen LogP contribution in [0.1, 0.15) is 19.8 Å². The first-order chi connectivity index (χ1) is 8.06. The second-order valence-electron chi connectivity index (χ2n) is 4.32. The first-order valence-electron chi connectivity index (χ1n) is 5.65. The summed E-state index contributed by atoms with van der Waals surface area (Å²) in [4.78, 5) is 15.7. The van der Waals surface area contributed by atoms with Crippen molar-refractivity contribution < 1.29 is 4.79 Å². The van der Waals surface area contributed by atoms with Crippen molar-refractivity contribution in [2.45, 2.75) is 31.8 Å². The van der Waals surface area contributed by atoms with E-state index in [0.717, 1.165) is 12.8 Å². The van der Waals surface area contributed by atoms with E-state index in [1.54, 1.807) is 19.1 Å². The molecule has 0 aromatic carbocycles. The number of nitrogens with two attached hydrogens (primary N) is 2. The van der Waals surface area contributed by atoms with E-state index in [1.807, 2.05) is 0 Å². The van der Waals surface area contributed by atoms with Gasteiger partial charge in [0.25, 0.3) is 0 Å². The number of hydrogen-bond donors (Lipinski definition) is 4. The quantitative estimate of drug-likeness (QED) is 0.601. The summed E-state index contributed by atoms with van der Waals surface area (Å²) in [5.41, 5.74) is 11.6. The zero-order valence-electron chi connectivity index (χ0n) is 9.73. The number of nitrogens with one attached hydrogen (secondary N) is 2. The smallest absolute Gasteiger partial charge is 0.242 e. The van der Waals surface area contributed by atoms with Crippen LogP contribution in [0.5, 0.6) is 0 Å². The van der Waals surface area contributed by atoms with Gasteiger partial charge < -0.3 is 22.1 Å². The largest absolute Gasteiger partial charge is 0.396 e. The predicted octanol–water partition coefficient (Wildman–Crippen LogP) is 0.325. The van der Waals surface area contributed by atoms with Gasteiger partial charge in [-0.2, -0.15) is 0 Å². The lowest BCUT2D eigenvalue weighted by molar-refractivity contribution is -0.121. The minimum Gasteiger partial charge on any atom is -0.396 e. The Morgan fingerprint density at radius 2 is 2.18 bits per heavy atom. The van der Waals surface area contributed by atoms with Gasteiger partial charge in [-0.15, -0.1) is 0 Å². The van der Waals surface area contributed by atoms with Gasteiger partial charge in [0.15, 0.2) is 0 Å². The van der Waals surface area contributed by atoms with Gasteiger partial charge in [0.05, 0.1) is 5.69 Å². The van der Waals surface area contributed by atoms with Gasteiger partial charge in [0.1, 0.15) is 17.7 Å². The molecule has 0 spiro atoms. The number of aromatic nitrogens is 1. The summed E-state index contributed by atoms with van der Waals surface area (Å²) in [6.45, 7) is 1.78. The summed E-state index contributed by atoms with van der Waals surface area (Å²) < 4.78 is 0. The molecule has 17 heavy (non-hydrogen) atoms. The molecule has 1 aliphatic rings. The zero-order valence-corrected chi connectivity index (χ0v) is 9.73. The van der Waals surface area contributed by atoms with Crippen LogP contribution in [-0.2, 0) is 4.79 Å². The third kappa shape index (κ3) is 2.99. The number of carbonyl (C=O) groups excluding carboxylic acids is 1. The van der Waals surface area contributed by atoms with Gasteiger partial charge >= 0.3 is 0 Å². The SMILES string of the molecule is CC(Nc1ccc(N)c(N)n1)C(=O)NC1CC1. The average Bonchev–Trinajstić information content (AvgIpc) is 3.07. The van der Waals surface area contributed by atoms with E-state index in [4.69, 9.17) is 11.5 Å². The first kappa shape index (κ1) is 11.5. The molecule has 0 aliphatic heterocycles. The van der Waals surface area contributed by atoms with Crippen molar-refractivity contribution in [3.8, 4) is 0 Å². The monoisotopic (exact) mass is 235 g/mol. The number of anilines is 3. The first-order valence-corrected chi connectivity index (χ1v) is 5.65. The molecule has 1 unspecified atom stereocenters. The Morgan fingerprint density at radius 1 is 1.47 bits per heavy atom. The maximum absolute atomic E-state index is 11.7. The summed E-state index contributed by atoms with van der Waals surface area (Å²) in [5.74, 6) is 0.796. The molecule has 6 nitrogen and oxygen atoms in total. The van der Waals surface area contributed by atoms with Gasteiger partial charge in [-0.25, -0.2) is 4.98 Å². The fraction of sp³-hybridized carbons (Fsp3) is 0.455. The van der Waals surface area contributed by atoms with Gasteiger partial charge in [-0.1, -0.05) is 0 Å². The van der Waals surface area contributed by atoms with Gasteiger partial charge in [0.2, 0.25) is 5.91 Å². The molecular weight excluding hydrogens is 218 g/mol. The summed E-state index contributed by atoms with van der Waals surface area (Å²) in [7, 11) is 0. The molecule has 1 fully saturated rings. The number of rotatable bonds is 4. The molecule has 1 heterocycles. The van der Waals surface area contributed by atoms with Gasteiger partial charge in [-0.3, -0.25) is 4.79 Å². The van der Waals surface area contributed by atoms with E-state index in [9.17, 15) is 4.79 Å². The predicted molar refractivity (Wildman–Crippen MR) is 67.3 cm³/mol. The maximum Gasteiger partial charge on any atom is 0.242 e. The van der Waals surface area contributed by atoms with Crippen LogP contribution in [-0.4, -0.2) is 23.0 Å². The summed E-state index contributed by atoms with van der Waals surface area (Å²) >= 11 is 0. The maximum atomic E-state index is 11.7. The van der Waals surface area contributed by atoms with Crippen molar-refractivity contribution in [2.75, 3.05) is 16.8 Å². The van der Waals surface area contributed by atoms with Crippen molar-refractivity contribution >= 4 is 23.2 Å². The highest BCUT2D eigenvalue weighted by Crippen LogP contribution is 2.19. The Balaban J connectivity index is 1.94. The standard InChI is InChI=1S/C11H17N5O/c1-6(11(17)15-7-2-3-7)14-9-5-4-8(12)10(13)16-9/h4-7H,2-3,12H2,1H3,(H,15,17)(H3,13,14,16). The lowest BCUT2D eigenvalue weighted by Crippen LogP contribution is -2.38. The Bertz CT molecular complexity index is 430. The Hall–Kier alpha value is -1.98. The molecule has 1 atom stereocenters. The lowest BCUT2D eigenvalue weighted by Gasteiger charge is -2.14. The minimum absolute atomic E-state index is 0.0234. The number of pyridine rings is 1. The summed E-state index contributed by atoms with van der Waals surface area (Å²) in [6, 6.07) is 3.38. The van der Waals surface area contributed by atoms with E-state index >= 15 is 0 Å². The topological polar surface area (TPSA) is 106 Å². The second-order valence-corrected chi connectivity index (χ2v) is 4.32. The third-order valence-corrected chi connectivity index (χ3v) is 2.64. The fourth-order valence-corrected chi connectivity index (χ4v) is 1.41. The molecule has 0 bridgehead atoms. The summed E-state index contributed by atoms with van der Waals surface area (Å²) in [6.07, 6.45) is 2.15. The second kappa shape index (κ2) is 4.48. The molecule has 1 aliphatic carbocycles. The average molecular weight is 235 g/mol. The van der Waals surface area contributed by atoms with Crippen LogP contribution >= 0.6 is 0 Å². The van der Waals surface area contributed by atoms with Crippen LogP contribution in [0, 0.1) is 0 Å². The van der Waals surface area contributed by atoms with E-state index in [0.29, 0.717) is 17.5 Å². The molecule has 1 saturated carbocycles. The van der Waals surface area contributed by atoms with Crippen molar-refractivity contribution in [1.82, 2.24) is 10.3 Å². The normalized spacial score (nSPS) is 16.3. The molecule has 6 N–H and O–H groups in total. The number of nitrogen functional groups attached to an aromatic ring is 2. The van der Waals surface area contributed by atoms with Gasteiger partial charge in [0, 0.05) is 6.04 Å². The number of nitrogens with zero attached hydrogens (tertiary/aromatic N) is 1. The Morgan fingerprint density at radius 3 is 2.76 bits per heavy atom. The minimum atomic E-state index is -0.342. The lowest BCUT2D eigenvalue weighted by atomic mass is 10.3. The molecule has 0 radical (unpaired) electrons. The van der Waals surface area contributed by atoms with E-state index < -0.39 is 0 Å². The van der Waals surface area contributed by atoms with Crippen LogP contribution in [0.3, 0.4) is 0 Å². The zero-order chi connectivity index (χ0) is 12.4. The molecule has 6 heteroatoms. The van der Waals surface area contributed by atoms with Crippen molar-refractivity contribution in [3.63, 3.8) is 0 Å². The van der Waals surface area contributed by atoms with Gasteiger partial charge in [-0.05, 0) is 31.9 Å². The van der Waals surface area contributed by atoms with Crippen molar-refractivity contribution in [1.29, 1.82) is 0 Å². The highest BCUT2D eigenvalue weighted by atomic mass is 16.2. The van der Waals surface area contributed by atoms with E-state index in [1.165, 1.54) is 0 Å². The van der Waals surface area contributed by atoms with E-state index in [2.05, 4.69) is 15.6 Å². The Kier molecular flexibility index (Phi) is 3.03. The fourth-order valence-electron chi connectivity index (χ4n) is 1.41. The van der Waals surface area contributed by atoms with Crippen LogP contribution in [0.15, 0.2) is 12.1 Å². The number of hydrogen-bond acceptors (Lipinski definition) is 5. The number of amides is 1. The molecule has 2 rings (SSSR count). The van der Waals surface area contributed by atoms with Crippen LogP contribution in [0.2, 0.25) is 0 Å². The molecule has 1 amide bonds. The highest BCUT2D eigenvalue weighted by Gasteiger charge is 2.25. The van der Waals surface area contributed by atoms with Crippen LogP contribution < -0.4 is 22.1 Å². The van der Waals surface area contributed by atoms with E-state index in [-0.39, 0.29) is 17.8 Å². The van der Waals surface area contributed by atoms with Crippen LogP contribution in [0.25, 0.3) is 0 Å². The van der Waals surface area contributed by atoms with Crippen molar-refractivity contribution in [3.05, 3.63) is 12.1 Å². The highest BCUT2D eigenvalue weighted by molar-refractivity contribution is 5.84. The molecule has 1 aromatic heterocycles. The summed E-state index contributed by atoms with van der Waals surface area (Å²) in [5, 5.41) is 5.90. The van der Waals surface area contributed by atoms with Crippen LogP contribution in [0.4, 0.5) is 17.3 Å². The number of carbonyl (C=O) groups is 1. The molecule has 1 aromatic rings. The third-order valence-electron chi connectivity index (χ3n) is 2.64. The van der Waals surface area contributed by atoms with Crippen molar-refractivity contribution in [2.24, 2.45) is 0 Å².